The van der Waals surface area contributed by atoms with Crippen molar-refractivity contribution in [2.75, 3.05) is 0 Å². The molecule has 2 rings (SSSR count). The molecule has 1 aromatic carbocycles. The molecule has 0 saturated carbocycles. The zero-order valence-corrected chi connectivity index (χ0v) is 12.3. The van der Waals surface area contributed by atoms with E-state index in [9.17, 15) is 0 Å². The van der Waals surface area contributed by atoms with Crippen LogP contribution in [0, 0.1) is 0 Å². The van der Waals surface area contributed by atoms with Gasteiger partial charge in [-0.05, 0) is 35.3 Å². The van der Waals surface area contributed by atoms with Crippen LogP contribution in [-0.4, -0.2) is 15.4 Å². The van der Waals surface area contributed by atoms with E-state index < -0.39 is 0 Å². The van der Waals surface area contributed by atoms with Gasteiger partial charge in [0.05, 0.1) is 11.9 Å². The lowest BCUT2D eigenvalue weighted by atomic mass is 9.84. The summed E-state index contributed by atoms with van der Waals surface area (Å²) in [4.78, 5) is 0. The molecule has 0 fully saturated rings. The van der Waals surface area contributed by atoms with Gasteiger partial charge >= 0.3 is 0 Å². The van der Waals surface area contributed by atoms with Crippen LogP contribution in [0.5, 0.6) is 0 Å². The lowest BCUT2D eigenvalue weighted by Crippen LogP contribution is -2.11. The van der Waals surface area contributed by atoms with E-state index in [0.717, 1.165) is 18.5 Å². The highest BCUT2D eigenvalue weighted by atomic mass is 15.3. The average molecular weight is 257 g/mol. The highest BCUT2D eigenvalue weighted by Gasteiger charge is 2.16. The van der Waals surface area contributed by atoms with Gasteiger partial charge in [0, 0.05) is 0 Å². The van der Waals surface area contributed by atoms with Crippen molar-refractivity contribution < 1.29 is 0 Å². The van der Waals surface area contributed by atoms with E-state index in [-0.39, 0.29) is 5.41 Å². The number of rotatable bonds is 4. The average Bonchev–Trinajstić information content (AvgIpc) is 2.88. The number of H-pyrrole nitrogens is 1. The van der Waals surface area contributed by atoms with Crippen LogP contribution < -0.4 is 0 Å². The van der Waals surface area contributed by atoms with Gasteiger partial charge in [-0.15, -0.1) is 0 Å². The Morgan fingerprint density at radius 3 is 2.32 bits per heavy atom. The minimum atomic E-state index is 0.215. The summed E-state index contributed by atoms with van der Waals surface area (Å²) < 4.78 is 0. The maximum absolute atomic E-state index is 4.15. The topological polar surface area (TPSA) is 41.6 Å². The molecule has 0 saturated heterocycles. The van der Waals surface area contributed by atoms with Crippen molar-refractivity contribution in [2.45, 2.75) is 51.9 Å². The zero-order valence-electron chi connectivity index (χ0n) is 12.3. The second-order valence-electron chi connectivity index (χ2n) is 6.14. The number of hydrogen-bond donors (Lipinski definition) is 1. The van der Waals surface area contributed by atoms with Crippen LogP contribution in [0.15, 0.2) is 30.5 Å². The molecule has 2 aromatic rings. The number of benzene rings is 1. The molecule has 0 aliphatic heterocycles. The summed E-state index contributed by atoms with van der Waals surface area (Å²) in [6, 6.07) is 9.02. The third kappa shape index (κ3) is 3.43. The molecule has 1 unspecified atom stereocenters. The molecule has 1 aromatic heterocycles. The minimum Gasteiger partial charge on any atom is -0.198 e. The lowest BCUT2D eigenvalue weighted by Gasteiger charge is -2.21. The maximum Gasteiger partial charge on any atom is 0.0830 e. The number of nitrogens with one attached hydrogen (secondary N) is 1. The van der Waals surface area contributed by atoms with E-state index in [1.165, 1.54) is 11.1 Å². The first kappa shape index (κ1) is 13.8. The highest BCUT2D eigenvalue weighted by molar-refractivity contribution is 5.30. The number of nitrogens with zero attached hydrogens (tertiary/aromatic N) is 2. The molecule has 19 heavy (non-hydrogen) atoms. The van der Waals surface area contributed by atoms with E-state index in [2.05, 4.69) is 67.4 Å². The fourth-order valence-corrected chi connectivity index (χ4v) is 2.33. The number of hydrogen-bond acceptors (Lipinski definition) is 2. The van der Waals surface area contributed by atoms with Crippen molar-refractivity contribution in [1.29, 1.82) is 0 Å². The largest absolute Gasteiger partial charge is 0.198 e. The lowest BCUT2D eigenvalue weighted by molar-refractivity contribution is 0.588. The molecule has 102 valence electrons. The fourth-order valence-electron chi connectivity index (χ4n) is 2.33. The summed E-state index contributed by atoms with van der Waals surface area (Å²) in [5.74, 6) is 0.513. The Balaban J connectivity index is 2.15. The van der Waals surface area contributed by atoms with Gasteiger partial charge in [0.2, 0.25) is 0 Å². The maximum atomic E-state index is 4.15. The van der Waals surface area contributed by atoms with E-state index in [0.29, 0.717) is 5.92 Å². The molecule has 3 nitrogen and oxygen atoms in total. The normalized spacial score (nSPS) is 13.5. The van der Waals surface area contributed by atoms with Gasteiger partial charge in [-0.3, -0.25) is 0 Å². The van der Waals surface area contributed by atoms with Gasteiger partial charge < -0.3 is 0 Å². The third-order valence-electron chi connectivity index (χ3n) is 3.66. The zero-order chi connectivity index (χ0) is 13.9. The smallest absolute Gasteiger partial charge is 0.0830 e. The predicted molar refractivity (Wildman–Crippen MR) is 78.3 cm³/mol. The Kier molecular flexibility index (Phi) is 4.03. The Bertz CT molecular complexity index is 492. The molecule has 0 spiro atoms. The monoisotopic (exact) mass is 257 g/mol. The summed E-state index contributed by atoms with van der Waals surface area (Å²) in [5, 5.41) is 10.7. The van der Waals surface area contributed by atoms with E-state index in [4.69, 9.17) is 0 Å². The van der Waals surface area contributed by atoms with Gasteiger partial charge in [-0.1, -0.05) is 52.0 Å². The first-order chi connectivity index (χ1) is 9.00. The van der Waals surface area contributed by atoms with E-state index >= 15 is 0 Å². The Labute approximate surface area is 115 Å². The molecule has 1 heterocycles. The Hall–Kier alpha value is -1.64. The van der Waals surface area contributed by atoms with Crippen molar-refractivity contribution in [3.05, 3.63) is 47.3 Å². The molecule has 0 aliphatic carbocycles. The molecule has 0 amide bonds. The van der Waals surface area contributed by atoms with Gasteiger partial charge in [0.25, 0.3) is 0 Å². The second kappa shape index (κ2) is 5.55. The fraction of sp³-hybridized carbons (Fsp3) is 0.500. The Morgan fingerprint density at radius 1 is 1.16 bits per heavy atom. The SMILES string of the molecule is CCC(Cc1cn[nH]n1)c1ccc(C(C)(C)C)cc1. The molecule has 0 bridgehead atoms. The summed E-state index contributed by atoms with van der Waals surface area (Å²) in [5.41, 5.74) is 4.02. The van der Waals surface area contributed by atoms with Crippen LogP contribution in [0.3, 0.4) is 0 Å². The van der Waals surface area contributed by atoms with Crippen LogP contribution >= 0.6 is 0 Å². The summed E-state index contributed by atoms with van der Waals surface area (Å²) >= 11 is 0. The van der Waals surface area contributed by atoms with E-state index in [1.807, 2.05) is 6.20 Å². The number of aromatic nitrogens is 3. The predicted octanol–water partition coefficient (Wildman–Crippen LogP) is 3.84. The van der Waals surface area contributed by atoms with Gasteiger partial charge in [-0.2, -0.15) is 15.4 Å². The Morgan fingerprint density at radius 2 is 1.84 bits per heavy atom. The second-order valence-corrected chi connectivity index (χ2v) is 6.14. The molecular formula is C16H23N3. The van der Waals surface area contributed by atoms with Crippen LogP contribution in [-0.2, 0) is 11.8 Å². The molecule has 1 N–H and O–H groups in total. The minimum absolute atomic E-state index is 0.215. The quantitative estimate of drug-likeness (QED) is 0.904. The van der Waals surface area contributed by atoms with Gasteiger partial charge in [0.15, 0.2) is 0 Å². The van der Waals surface area contributed by atoms with Gasteiger partial charge in [-0.25, -0.2) is 0 Å². The molecule has 0 aliphatic rings. The van der Waals surface area contributed by atoms with Crippen LogP contribution in [0.25, 0.3) is 0 Å². The van der Waals surface area contributed by atoms with Crippen molar-refractivity contribution >= 4 is 0 Å². The van der Waals surface area contributed by atoms with E-state index in [1.54, 1.807) is 0 Å². The summed E-state index contributed by atoms with van der Waals surface area (Å²) in [6.07, 6.45) is 3.87. The molecule has 1 atom stereocenters. The molecule has 3 heteroatoms. The van der Waals surface area contributed by atoms with Crippen molar-refractivity contribution in [2.24, 2.45) is 0 Å². The standard InChI is InChI=1S/C16H23N3/c1-5-12(10-15-11-17-19-18-15)13-6-8-14(9-7-13)16(2,3)4/h6-9,11-12H,5,10H2,1-4H3,(H,17,18,19). The third-order valence-corrected chi connectivity index (χ3v) is 3.66. The summed E-state index contributed by atoms with van der Waals surface area (Å²) in [7, 11) is 0. The summed E-state index contributed by atoms with van der Waals surface area (Å²) in [6.45, 7) is 8.96. The van der Waals surface area contributed by atoms with Crippen molar-refractivity contribution in [1.82, 2.24) is 15.4 Å². The van der Waals surface area contributed by atoms with Crippen LogP contribution in [0.2, 0.25) is 0 Å². The first-order valence-corrected chi connectivity index (χ1v) is 6.95. The van der Waals surface area contributed by atoms with Crippen LogP contribution in [0.1, 0.15) is 56.9 Å². The highest BCUT2D eigenvalue weighted by Crippen LogP contribution is 2.27. The van der Waals surface area contributed by atoms with Crippen molar-refractivity contribution in [3.63, 3.8) is 0 Å². The first-order valence-electron chi connectivity index (χ1n) is 6.95. The molecule has 0 radical (unpaired) electrons. The number of aromatic amines is 1. The molecular weight excluding hydrogens is 234 g/mol. The van der Waals surface area contributed by atoms with Gasteiger partial charge in [0.1, 0.15) is 0 Å². The van der Waals surface area contributed by atoms with Crippen LogP contribution in [0.4, 0.5) is 0 Å². The van der Waals surface area contributed by atoms with Crippen molar-refractivity contribution in [3.8, 4) is 0 Å².